The number of ketones is 1. The highest BCUT2D eigenvalue weighted by Gasteiger charge is 2.09. The summed E-state index contributed by atoms with van der Waals surface area (Å²) >= 11 is 1.69. The zero-order valence-corrected chi connectivity index (χ0v) is 10.5. The highest BCUT2D eigenvalue weighted by molar-refractivity contribution is 7.11. The Kier molecular flexibility index (Phi) is 2.92. The van der Waals surface area contributed by atoms with E-state index in [1.807, 2.05) is 29.8 Å². The van der Waals surface area contributed by atoms with E-state index in [0.29, 0.717) is 6.54 Å². The molecule has 2 aromatic rings. The van der Waals surface area contributed by atoms with Crippen molar-refractivity contribution < 1.29 is 4.79 Å². The van der Waals surface area contributed by atoms with Crippen molar-refractivity contribution in [2.45, 2.75) is 27.3 Å². The average molecular weight is 234 g/mol. The molecule has 3 nitrogen and oxygen atoms in total. The van der Waals surface area contributed by atoms with Gasteiger partial charge in [0.15, 0.2) is 5.78 Å². The van der Waals surface area contributed by atoms with Gasteiger partial charge in [0.1, 0.15) is 5.01 Å². The molecule has 0 radical (unpaired) electrons. The fraction of sp³-hybridized carbons (Fsp3) is 0.333. The van der Waals surface area contributed by atoms with Gasteiger partial charge in [-0.1, -0.05) is 0 Å². The van der Waals surface area contributed by atoms with E-state index >= 15 is 0 Å². The van der Waals surface area contributed by atoms with Gasteiger partial charge in [-0.15, -0.1) is 11.3 Å². The van der Waals surface area contributed by atoms with Crippen molar-refractivity contribution in [2.24, 2.45) is 0 Å². The molecule has 0 bridgehead atoms. The summed E-state index contributed by atoms with van der Waals surface area (Å²) in [7, 11) is 0. The molecule has 0 aliphatic carbocycles. The molecular weight excluding hydrogens is 220 g/mol. The van der Waals surface area contributed by atoms with E-state index in [9.17, 15) is 4.79 Å². The van der Waals surface area contributed by atoms with Crippen LogP contribution < -0.4 is 0 Å². The van der Waals surface area contributed by atoms with E-state index in [1.165, 1.54) is 4.88 Å². The standard InChI is InChI=1S/C12H14N2OS/c1-8-10(3)16-12(13-8)7-14-6-4-5-11(14)9(2)15/h4-6H,7H2,1-3H3. The lowest BCUT2D eigenvalue weighted by molar-refractivity contribution is 0.100. The summed E-state index contributed by atoms with van der Waals surface area (Å²) in [5, 5.41) is 1.05. The van der Waals surface area contributed by atoms with Gasteiger partial charge in [-0.05, 0) is 26.0 Å². The Balaban J connectivity index is 2.27. The molecule has 84 valence electrons. The molecule has 2 heterocycles. The number of Topliss-reactive ketones (excluding diaryl/α,β-unsaturated/α-hetero) is 1. The molecule has 0 unspecified atom stereocenters. The van der Waals surface area contributed by atoms with Crippen LogP contribution in [0.15, 0.2) is 18.3 Å². The van der Waals surface area contributed by atoms with Gasteiger partial charge in [0.25, 0.3) is 0 Å². The summed E-state index contributed by atoms with van der Waals surface area (Å²) in [4.78, 5) is 17.1. The Labute approximate surface area is 98.8 Å². The van der Waals surface area contributed by atoms with Gasteiger partial charge in [0.05, 0.1) is 17.9 Å². The van der Waals surface area contributed by atoms with Crippen LogP contribution in [0.5, 0.6) is 0 Å². The molecule has 0 fully saturated rings. The molecule has 0 saturated heterocycles. The third-order valence-corrected chi connectivity index (χ3v) is 3.63. The molecule has 16 heavy (non-hydrogen) atoms. The van der Waals surface area contributed by atoms with Crippen LogP contribution in [0.1, 0.15) is 33.0 Å². The van der Waals surface area contributed by atoms with Crippen LogP contribution in [0.25, 0.3) is 0 Å². The van der Waals surface area contributed by atoms with E-state index < -0.39 is 0 Å². The first-order valence-corrected chi connectivity index (χ1v) is 5.98. The molecule has 0 aliphatic rings. The summed E-state index contributed by atoms with van der Waals surface area (Å²) in [5.41, 5.74) is 1.82. The number of carbonyl (C=O) groups is 1. The summed E-state index contributed by atoms with van der Waals surface area (Å²) in [6, 6.07) is 3.74. The van der Waals surface area contributed by atoms with Crippen LogP contribution in [0.4, 0.5) is 0 Å². The second kappa shape index (κ2) is 4.22. The molecule has 2 rings (SSSR count). The Morgan fingerprint density at radius 2 is 2.25 bits per heavy atom. The maximum absolute atomic E-state index is 11.4. The Bertz CT molecular complexity index is 505. The molecule has 0 aromatic carbocycles. The zero-order valence-electron chi connectivity index (χ0n) is 9.65. The Morgan fingerprint density at radius 1 is 1.50 bits per heavy atom. The van der Waals surface area contributed by atoms with E-state index in [4.69, 9.17) is 0 Å². The Morgan fingerprint density at radius 3 is 2.81 bits per heavy atom. The monoisotopic (exact) mass is 234 g/mol. The molecule has 0 atom stereocenters. The predicted molar refractivity (Wildman–Crippen MR) is 65.1 cm³/mol. The molecule has 4 heteroatoms. The largest absolute Gasteiger partial charge is 0.338 e. The van der Waals surface area contributed by atoms with Crippen molar-refractivity contribution in [3.63, 3.8) is 0 Å². The van der Waals surface area contributed by atoms with Crippen molar-refractivity contribution in [2.75, 3.05) is 0 Å². The maximum atomic E-state index is 11.4. The predicted octanol–water partition coefficient (Wildman–Crippen LogP) is 2.81. The van der Waals surface area contributed by atoms with Gasteiger partial charge in [-0.3, -0.25) is 4.79 Å². The van der Waals surface area contributed by atoms with Gasteiger partial charge >= 0.3 is 0 Å². The number of aryl methyl sites for hydroxylation is 2. The van der Waals surface area contributed by atoms with Crippen molar-refractivity contribution in [3.8, 4) is 0 Å². The first-order valence-electron chi connectivity index (χ1n) is 5.17. The second-order valence-corrected chi connectivity index (χ2v) is 5.11. The van der Waals surface area contributed by atoms with Gasteiger partial charge in [-0.2, -0.15) is 0 Å². The minimum atomic E-state index is 0.0926. The van der Waals surface area contributed by atoms with Crippen molar-refractivity contribution in [1.29, 1.82) is 0 Å². The Hall–Kier alpha value is -1.42. The number of aromatic nitrogens is 2. The molecule has 2 aromatic heterocycles. The minimum Gasteiger partial charge on any atom is -0.338 e. The van der Waals surface area contributed by atoms with Gasteiger partial charge < -0.3 is 4.57 Å². The molecule has 0 aliphatic heterocycles. The first kappa shape index (κ1) is 11.1. The van der Waals surface area contributed by atoms with Crippen LogP contribution in [0.3, 0.4) is 0 Å². The topological polar surface area (TPSA) is 34.9 Å². The fourth-order valence-electron chi connectivity index (χ4n) is 1.62. The number of rotatable bonds is 3. The average Bonchev–Trinajstić information content (AvgIpc) is 2.75. The third-order valence-electron chi connectivity index (χ3n) is 2.57. The molecular formula is C12H14N2OS. The van der Waals surface area contributed by atoms with E-state index in [0.717, 1.165) is 16.4 Å². The highest BCUT2D eigenvalue weighted by atomic mass is 32.1. The van der Waals surface area contributed by atoms with Crippen LogP contribution in [0, 0.1) is 13.8 Å². The SMILES string of the molecule is CC(=O)c1cccn1Cc1nc(C)c(C)s1. The molecule has 0 N–H and O–H groups in total. The highest BCUT2D eigenvalue weighted by Crippen LogP contribution is 2.18. The van der Waals surface area contributed by atoms with E-state index in [1.54, 1.807) is 18.3 Å². The number of hydrogen-bond acceptors (Lipinski definition) is 3. The summed E-state index contributed by atoms with van der Waals surface area (Å²) in [5.74, 6) is 0.0926. The zero-order chi connectivity index (χ0) is 11.7. The van der Waals surface area contributed by atoms with E-state index in [2.05, 4.69) is 11.9 Å². The summed E-state index contributed by atoms with van der Waals surface area (Å²) < 4.78 is 1.94. The lowest BCUT2D eigenvalue weighted by Crippen LogP contribution is -2.06. The lowest BCUT2D eigenvalue weighted by Gasteiger charge is -2.03. The van der Waals surface area contributed by atoms with Gasteiger partial charge in [0.2, 0.25) is 0 Å². The number of carbonyl (C=O) groups excluding carboxylic acids is 1. The van der Waals surface area contributed by atoms with E-state index in [-0.39, 0.29) is 5.78 Å². The number of nitrogens with zero attached hydrogens (tertiary/aromatic N) is 2. The normalized spacial score (nSPS) is 10.7. The number of hydrogen-bond donors (Lipinski definition) is 0. The van der Waals surface area contributed by atoms with Crippen molar-refractivity contribution in [3.05, 3.63) is 39.6 Å². The lowest BCUT2D eigenvalue weighted by atomic mass is 10.3. The van der Waals surface area contributed by atoms with Gasteiger partial charge in [0, 0.05) is 18.0 Å². The third kappa shape index (κ3) is 2.07. The van der Waals surface area contributed by atoms with Crippen molar-refractivity contribution >= 4 is 17.1 Å². The smallest absolute Gasteiger partial charge is 0.176 e. The van der Waals surface area contributed by atoms with Crippen molar-refractivity contribution in [1.82, 2.24) is 9.55 Å². The van der Waals surface area contributed by atoms with Crippen LogP contribution in [-0.2, 0) is 6.54 Å². The molecule has 0 amide bonds. The first-order chi connectivity index (χ1) is 7.58. The molecule has 0 saturated carbocycles. The molecule has 0 spiro atoms. The number of thiazole rings is 1. The summed E-state index contributed by atoms with van der Waals surface area (Å²) in [6.45, 7) is 6.35. The van der Waals surface area contributed by atoms with Gasteiger partial charge in [-0.25, -0.2) is 4.98 Å². The van der Waals surface area contributed by atoms with Crippen LogP contribution >= 0.6 is 11.3 Å². The second-order valence-electron chi connectivity index (χ2n) is 3.83. The van der Waals surface area contributed by atoms with Crippen LogP contribution in [0.2, 0.25) is 0 Å². The summed E-state index contributed by atoms with van der Waals surface area (Å²) in [6.07, 6.45) is 1.92. The fourth-order valence-corrected chi connectivity index (χ4v) is 2.56. The van der Waals surface area contributed by atoms with Crippen LogP contribution in [-0.4, -0.2) is 15.3 Å². The minimum absolute atomic E-state index is 0.0926. The quantitative estimate of drug-likeness (QED) is 0.765. The maximum Gasteiger partial charge on any atom is 0.176 e.